The molecule has 2 aromatic rings. The largest absolute Gasteiger partial charge is 0.271 e. The molecule has 4 heteroatoms. The summed E-state index contributed by atoms with van der Waals surface area (Å²) in [4.78, 5) is 0. The minimum atomic E-state index is -0.189. The second-order valence-corrected chi connectivity index (χ2v) is 5.57. The van der Waals surface area contributed by atoms with Crippen molar-refractivity contribution >= 4 is 22.6 Å². The molecular weight excluding hydrogens is 354 g/mol. The van der Waals surface area contributed by atoms with Crippen LogP contribution in [0.25, 0.3) is 0 Å². The quantitative estimate of drug-likeness (QED) is 0.491. The summed E-state index contributed by atoms with van der Waals surface area (Å²) in [7, 11) is 0. The van der Waals surface area contributed by atoms with Gasteiger partial charge in [-0.3, -0.25) is 11.3 Å². The van der Waals surface area contributed by atoms with E-state index in [0.29, 0.717) is 12.0 Å². The average Bonchev–Trinajstić information content (AvgIpc) is 2.41. The van der Waals surface area contributed by atoms with Crippen LogP contribution < -0.4 is 11.3 Å². The Morgan fingerprint density at radius 1 is 1.21 bits per heavy atom. The zero-order valence-corrected chi connectivity index (χ0v) is 12.8. The number of rotatable bonds is 4. The van der Waals surface area contributed by atoms with Crippen molar-refractivity contribution in [3.63, 3.8) is 0 Å². The first-order valence-corrected chi connectivity index (χ1v) is 7.16. The van der Waals surface area contributed by atoms with E-state index >= 15 is 0 Å². The highest BCUT2D eigenvalue weighted by molar-refractivity contribution is 14.1. The van der Waals surface area contributed by atoms with Gasteiger partial charge in [0.15, 0.2) is 0 Å². The summed E-state index contributed by atoms with van der Waals surface area (Å²) in [5.41, 5.74) is 5.76. The highest BCUT2D eigenvalue weighted by Crippen LogP contribution is 2.26. The molecule has 0 aliphatic carbocycles. The van der Waals surface area contributed by atoms with E-state index < -0.39 is 0 Å². The molecule has 1 atom stereocenters. The lowest BCUT2D eigenvalue weighted by atomic mass is 9.98. The van der Waals surface area contributed by atoms with Gasteiger partial charge in [-0.2, -0.15) is 0 Å². The molecule has 0 radical (unpaired) electrons. The molecule has 0 saturated carbocycles. The standard InChI is InChI=1S/C15H16FIN2/c1-10-5-4-7-12(15(10)17)14(19-18)9-11-6-2-3-8-13(11)16/h2-8,14,19H,9,18H2,1H3. The van der Waals surface area contributed by atoms with Gasteiger partial charge in [0, 0.05) is 3.57 Å². The molecule has 0 aliphatic heterocycles. The van der Waals surface area contributed by atoms with Crippen LogP contribution in [-0.4, -0.2) is 0 Å². The SMILES string of the molecule is Cc1cccc(C(Cc2ccccc2F)NN)c1I. The third-order valence-electron chi connectivity index (χ3n) is 3.18. The first-order chi connectivity index (χ1) is 9.13. The Balaban J connectivity index is 2.31. The predicted octanol–water partition coefficient (Wildman–Crippen LogP) is 3.49. The fraction of sp³-hybridized carbons (Fsp3) is 0.200. The predicted molar refractivity (Wildman–Crippen MR) is 84.1 cm³/mol. The average molecular weight is 370 g/mol. The molecule has 0 aromatic heterocycles. The Hall–Kier alpha value is -0.980. The number of aryl methyl sites for hydroxylation is 1. The second kappa shape index (κ2) is 6.45. The molecule has 2 nitrogen and oxygen atoms in total. The maximum Gasteiger partial charge on any atom is 0.126 e. The summed E-state index contributed by atoms with van der Waals surface area (Å²) in [6.45, 7) is 2.06. The van der Waals surface area contributed by atoms with E-state index in [0.717, 1.165) is 5.56 Å². The van der Waals surface area contributed by atoms with Crippen LogP contribution in [0.15, 0.2) is 42.5 Å². The van der Waals surface area contributed by atoms with E-state index in [2.05, 4.69) is 41.0 Å². The van der Waals surface area contributed by atoms with Gasteiger partial charge in [-0.1, -0.05) is 36.4 Å². The monoisotopic (exact) mass is 370 g/mol. The fourth-order valence-electron chi connectivity index (χ4n) is 2.08. The Kier molecular flexibility index (Phi) is 4.90. The third-order valence-corrected chi connectivity index (χ3v) is 4.65. The molecule has 0 aliphatic rings. The van der Waals surface area contributed by atoms with Crippen molar-refractivity contribution in [2.75, 3.05) is 0 Å². The van der Waals surface area contributed by atoms with Crippen LogP contribution >= 0.6 is 22.6 Å². The van der Waals surface area contributed by atoms with Gasteiger partial charge in [0.1, 0.15) is 5.82 Å². The van der Waals surface area contributed by atoms with Gasteiger partial charge in [0.25, 0.3) is 0 Å². The number of nitrogens with one attached hydrogen (secondary N) is 1. The summed E-state index contributed by atoms with van der Waals surface area (Å²) in [5.74, 6) is 5.46. The summed E-state index contributed by atoms with van der Waals surface area (Å²) in [6, 6.07) is 12.8. The lowest BCUT2D eigenvalue weighted by Crippen LogP contribution is -2.30. The van der Waals surface area contributed by atoms with Crippen LogP contribution in [0.4, 0.5) is 4.39 Å². The van der Waals surface area contributed by atoms with E-state index in [1.807, 2.05) is 18.2 Å². The number of hydrazine groups is 1. The zero-order valence-electron chi connectivity index (χ0n) is 10.7. The molecular formula is C15H16FIN2. The van der Waals surface area contributed by atoms with E-state index in [1.54, 1.807) is 12.1 Å². The molecule has 3 N–H and O–H groups in total. The van der Waals surface area contributed by atoms with Crippen molar-refractivity contribution < 1.29 is 4.39 Å². The fourth-order valence-corrected chi connectivity index (χ4v) is 2.82. The maximum absolute atomic E-state index is 13.7. The van der Waals surface area contributed by atoms with Crippen molar-refractivity contribution in [3.8, 4) is 0 Å². The van der Waals surface area contributed by atoms with Crippen molar-refractivity contribution in [1.82, 2.24) is 5.43 Å². The molecule has 2 rings (SSSR count). The van der Waals surface area contributed by atoms with Crippen LogP contribution in [-0.2, 0) is 6.42 Å². The number of hydrogen-bond acceptors (Lipinski definition) is 2. The highest BCUT2D eigenvalue weighted by atomic mass is 127. The smallest absolute Gasteiger partial charge is 0.126 e. The summed E-state index contributed by atoms with van der Waals surface area (Å²) < 4.78 is 14.9. The van der Waals surface area contributed by atoms with Crippen LogP contribution in [0.1, 0.15) is 22.7 Å². The van der Waals surface area contributed by atoms with Gasteiger partial charge in [0.2, 0.25) is 0 Å². The van der Waals surface area contributed by atoms with Gasteiger partial charge < -0.3 is 0 Å². The highest BCUT2D eigenvalue weighted by Gasteiger charge is 2.16. The molecule has 1 unspecified atom stereocenters. The van der Waals surface area contributed by atoms with Crippen LogP contribution in [0, 0.1) is 16.3 Å². The van der Waals surface area contributed by atoms with Gasteiger partial charge in [0.05, 0.1) is 6.04 Å². The molecule has 0 amide bonds. The van der Waals surface area contributed by atoms with E-state index in [1.165, 1.54) is 15.2 Å². The number of halogens is 2. The van der Waals surface area contributed by atoms with Gasteiger partial charge >= 0.3 is 0 Å². The number of hydrogen-bond donors (Lipinski definition) is 2. The van der Waals surface area contributed by atoms with Crippen molar-refractivity contribution in [2.45, 2.75) is 19.4 Å². The van der Waals surface area contributed by atoms with Gasteiger partial charge in [-0.15, -0.1) is 0 Å². The van der Waals surface area contributed by atoms with Crippen LogP contribution in [0.5, 0.6) is 0 Å². The van der Waals surface area contributed by atoms with Crippen LogP contribution in [0.2, 0.25) is 0 Å². The normalized spacial score (nSPS) is 12.4. The summed E-state index contributed by atoms with van der Waals surface area (Å²) >= 11 is 2.31. The Morgan fingerprint density at radius 2 is 1.95 bits per heavy atom. The minimum absolute atomic E-state index is 0.0938. The van der Waals surface area contributed by atoms with Crippen molar-refractivity contribution in [2.24, 2.45) is 5.84 Å². The summed E-state index contributed by atoms with van der Waals surface area (Å²) in [5, 5.41) is 0. The molecule has 0 spiro atoms. The second-order valence-electron chi connectivity index (χ2n) is 4.49. The van der Waals surface area contributed by atoms with E-state index in [4.69, 9.17) is 5.84 Å². The topological polar surface area (TPSA) is 38.0 Å². The van der Waals surface area contributed by atoms with Gasteiger partial charge in [-0.25, -0.2) is 4.39 Å². The molecule has 19 heavy (non-hydrogen) atoms. The molecule has 0 fully saturated rings. The maximum atomic E-state index is 13.7. The minimum Gasteiger partial charge on any atom is -0.271 e. The molecule has 0 bridgehead atoms. The van der Waals surface area contributed by atoms with Gasteiger partial charge in [-0.05, 0) is 58.7 Å². The zero-order chi connectivity index (χ0) is 13.8. The number of nitrogens with two attached hydrogens (primary N) is 1. The first-order valence-electron chi connectivity index (χ1n) is 6.08. The van der Waals surface area contributed by atoms with Crippen LogP contribution in [0.3, 0.4) is 0 Å². The summed E-state index contributed by atoms with van der Waals surface area (Å²) in [6.07, 6.45) is 0.530. The Labute approximate surface area is 126 Å². The van der Waals surface area contributed by atoms with E-state index in [-0.39, 0.29) is 11.9 Å². The van der Waals surface area contributed by atoms with Crippen molar-refractivity contribution in [1.29, 1.82) is 0 Å². The first kappa shape index (κ1) is 14.4. The lowest BCUT2D eigenvalue weighted by Gasteiger charge is -2.19. The van der Waals surface area contributed by atoms with E-state index in [9.17, 15) is 4.39 Å². The molecule has 0 saturated heterocycles. The third kappa shape index (κ3) is 3.32. The Bertz CT molecular complexity index is 572. The van der Waals surface area contributed by atoms with Crippen molar-refractivity contribution in [3.05, 3.63) is 68.5 Å². The lowest BCUT2D eigenvalue weighted by molar-refractivity contribution is 0.527. The Morgan fingerprint density at radius 3 is 2.63 bits per heavy atom. The molecule has 2 aromatic carbocycles. The number of benzene rings is 2. The molecule has 100 valence electrons. The molecule has 0 heterocycles.